The quantitative estimate of drug-likeness (QED) is 0.785. The standard InChI is InChI=1S/C19H22N4O2/c1-22(2)18(24)15-8-5-7-14(11-15)13-20-21-17-10-6-9-16(12-17)19(25)23(3)4/h5-12H,13H2,1-4H3. The van der Waals surface area contributed by atoms with Crippen molar-refractivity contribution in [3.8, 4) is 0 Å². The zero-order chi connectivity index (χ0) is 18.4. The maximum atomic E-state index is 12.0. The van der Waals surface area contributed by atoms with Crippen LogP contribution in [0.25, 0.3) is 0 Å². The van der Waals surface area contributed by atoms with E-state index in [1.165, 1.54) is 9.80 Å². The number of carbonyl (C=O) groups excluding carboxylic acids is 2. The van der Waals surface area contributed by atoms with Gasteiger partial charge in [-0.2, -0.15) is 10.2 Å². The molecule has 0 aliphatic carbocycles. The van der Waals surface area contributed by atoms with Gasteiger partial charge in [0.05, 0.1) is 12.2 Å². The van der Waals surface area contributed by atoms with Gasteiger partial charge in [0, 0.05) is 39.3 Å². The average molecular weight is 338 g/mol. The van der Waals surface area contributed by atoms with Crippen molar-refractivity contribution in [1.29, 1.82) is 0 Å². The molecular weight excluding hydrogens is 316 g/mol. The smallest absolute Gasteiger partial charge is 0.253 e. The van der Waals surface area contributed by atoms with Gasteiger partial charge in [-0.25, -0.2) is 0 Å². The number of carbonyl (C=O) groups is 2. The molecule has 0 saturated heterocycles. The Labute approximate surface area is 147 Å². The predicted molar refractivity (Wildman–Crippen MR) is 97.1 cm³/mol. The van der Waals surface area contributed by atoms with Crippen LogP contribution in [-0.4, -0.2) is 49.8 Å². The van der Waals surface area contributed by atoms with E-state index in [4.69, 9.17) is 0 Å². The van der Waals surface area contributed by atoms with Crippen LogP contribution in [0.15, 0.2) is 58.8 Å². The number of azo groups is 1. The largest absolute Gasteiger partial charge is 0.345 e. The molecule has 2 amide bonds. The molecule has 0 radical (unpaired) electrons. The highest BCUT2D eigenvalue weighted by Gasteiger charge is 2.09. The van der Waals surface area contributed by atoms with Crippen LogP contribution in [0.3, 0.4) is 0 Å². The first-order valence-electron chi connectivity index (χ1n) is 7.88. The third-order valence-electron chi connectivity index (χ3n) is 3.52. The highest BCUT2D eigenvalue weighted by atomic mass is 16.2. The van der Waals surface area contributed by atoms with E-state index in [1.807, 2.05) is 18.2 Å². The van der Waals surface area contributed by atoms with Crippen LogP contribution in [0.2, 0.25) is 0 Å². The van der Waals surface area contributed by atoms with Gasteiger partial charge in [0.2, 0.25) is 0 Å². The Bertz CT molecular complexity index is 798. The molecule has 0 aliphatic rings. The maximum Gasteiger partial charge on any atom is 0.253 e. The molecule has 6 nitrogen and oxygen atoms in total. The summed E-state index contributed by atoms with van der Waals surface area (Å²) < 4.78 is 0. The zero-order valence-corrected chi connectivity index (χ0v) is 14.9. The number of rotatable bonds is 5. The highest BCUT2D eigenvalue weighted by Crippen LogP contribution is 2.17. The Hall–Kier alpha value is -3.02. The first kappa shape index (κ1) is 18.3. The molecule has 6 heteroatoms. The van der Waals surface area contributed by atoms with Crippen molar-refractivity contribution in [2.24, 2.45) is 10.2 Å². The molecule has 2 rings (SSSR count). The lowest BCUT2D eigenvalue weighted by molar-refractivity contribution is 0.0820. The van der Waals surface area contributed by atoms with Gasteiger partial charge >= 0.3 is 0 Å². The summed E-state index contributed by atoms with van der Waals surface area (Å²) in [6, 6.07) is 14.3. The summed E-state index contributed by atoms with van der Waals surface area (Å²) in [5.74, 6) is -0.124. The SMILES string of the molecule is CN(C)C(=O)c1cccc(CN=Nc2cccc(C(=O)N(C)C)c2)c1. The van der Waals surface area contributed by atoms with Crippen molar-refractivity contribution in [3.05, 3.63) is 65.2 Å². The third kappa shape index (κ3) is 4.97. The van der Waals surface area contributed by atoms with E-state index in [0.29, 0.717) is 23.4 Å². The second-order valence-electron chi connectivity index (χ2n) is 6.05. The third-order valence-corrected chi connectivity index (χ3v) is 3.52. The van der Waals surface area contributed by atoms with Gasteiger partial charge in [0.1, 0.15) is 0 Å². The number of amides is 2. The molecule has 0 N–H and O–H groups in total. The van der Waals surface area contributed by atoms with Gasteiger partial charge in [-0.3, -0.25) is 9.59 Å². The Morgan fingerprint density at radius 3 is 2.00 bits per heavy atom. The van der Waals surface area contributed by atoms with Gasteiger partial charge in [0.25, 0.3) is 11.8 Å². The molecule has 130 valence electrons. The molecule has 2 aromatic carbocycles. The summed E-state index contributed by atoms with van der Waals surface area (Å²) in [7, 11) is 6.85. The molecule has 25 heavy (non-hydrogen) atoms. The Kier molecular flexibility index (Phi) is 6.00. The highest BCUT2D eigenvalue weighted by molar-refractivity contribution is 5.94. The van der Waals surface area contributed by atoms with Crippen LogP contribution in [0.1, 0.15) is 26.3 Å². The monoisotopic (exact) mass is 338 g/mol. The summed E-state index contributed by atoms with van der Waals surface area (Å²) in [5.41, 5.74) is 2.71. The minimum atomic E-state index is -0.0769. The maximum absolute atomic E-state index is 12.0. The number of hydrogen-bond donors (Lipinski definition) is 0. The van der Waals surface area contributed by atoms with Gasteiger partial charge in [-0.1, -0.05) is 18.2 Å². The predicted octanol–water partition coefficient (Wildman–Crippen LogP) is 3.37. The number of benzene rings is 2. The van der Waals surface area contributed by atoms with Crippen molar-refractivity contribution in [3.63, 3.8) is 0 Å². The van der Waals surface area contributed by atoms with Crippen molar-refractivity contribution in [1.82, 2.24) is 9.80 Å². The lowest BCUT2D eigenvalue weighted by atomic mass is 10.1. The molecule has 0 spiro atoms. The Morgan fingerprint density at radius 2 is 1.40 bits per heavy atom. The number of hydrogen-bond acceptors (Lipinski definition) is 4. The van der Waals surface area contributed by atoms with Crippen molar-refractivity contribution in [2.75, 3.05) is 28.2 Å². The fourth-order valence-corrected chi connectivity index (χ4v) is 2.22. The average Bonchev–Trinajstić information content (AvgIpc) is 2.60. The summed E-state index contributed by atoms with van der Waals surface area (Å²) in [6.45, 7) is 0.362. The van der Waals surface area contributed by atoms with E-state index in [0.717, 1.165) is 5.56 Å². The molecular formula is C19H22N4O2. The van der Waals surface area contributed by atoms with Crippen LogP contribution in [0.4, 0.5) is 5.69 Å². The van der Waals surface area contributed by atoms with Crippen molar-refractivity contribution in [2.45, 2.75) is 6.54 Å². The molecule has 0 atom stereocenters. The van der Waals surface area contributed by atoms with Crippen molar-refractivity contribution < 1.29 is 9.59 Å². The van der Waals surface area contributed by atoms with E-state index in [1.54, 1.807) is 58.5 Å². The van der Waals surface area contributed by atoms with Gasteiger partial charge in [0.15, 0.2) is 0 Å². The van der Waals surface area contributed by atoms with E-state index in [2.05, 4.69) is 10.2 Å². The Balaban J connectivity index is 2.09. The van der Waals surface area contributed by atoms with Crippen LogP contribution in [0.5, 0.6) is 0 Å². The van der Waals surface area contributed by atoms with Crippen LogP contribution in [0, 0.1) is 0 Å². The fourth-order valence-electron chi connectivity index (χ4n) is 2.22. The summed E-state index contributed by atoms with van der Waals surface area (Å²) in [6.07, 6.45) is 0. The van der Waals surface area contributed by atoms with Gasteiger partial charge < -0.3 is 9.80 Å². The van der Waals surface area contributed by atoms with E-state index in [9.17, 15) is 9.59 Å². The summed E-state index contributed by atoms with van der Waals surface area (Å²) >= 11 is 0. The van der Waals surface area contributed by atoms with E-state index < -0.39 is 0 Å². The second kappa shape index (κ2) is 8.19. The van der Waals surface area contributed by atoms with Crippen LogP contribution >= 0.6 is 0 Å². The second-order valence-corrected chi connectivity index (χ2v) is 6.05. The first-order valence-corrected chi connectivity index (χ1v) is 7.88. The zero-order valence-electron chi connectivity index (χ0n) is 14.9. The summed E-state index contributed by atoms with van der Waals surface area (Å²) in [5, 5.41) is 8.35. The molecule has 0 saturated carbocycles. The van der Waals surface area contributed by atoms with Gasteiger partial charge in [-0.05, 0) is 35.9 Å². The minimum absolute atomic E-state index is 0.0475. The molecule has 0 heterocycles. The minimum Gasteiger partial charge on any atom is -0.345 e. The topological polar surface area (TPSA) is 65.3 Å². The van der Waals surface area contributed by atoms with E-state index in [-0.39, 0.29) is 11.8 Å². The lowest BCUT2D eigenvalue weighted by Gasteiger charge is -2.10. The molecule has 0 aliphatic heterocycles. The fraction of sp³-hybridized carbons (Fsp3) is 0.263. The normalized spacial score (nSPS) is 10.7. The van der Waals surface area contributed by atoms with E-state index >= 15 is 0 Å². The van der Waals surface area contributed by atoms with Gasteiger partial charge in [-0.15, -0.1) is 0 Å². The van der Waals surface area contributed by atoms with Crippen molar-refractivity contribution >= 4 is 17.5 Å². The molecule has 2 aromatic rings. The molecule has 0 unspecified atom stereocenters. The number of nitrogens with zero attached hydrogens (tertiary/aromatic N) is 4. The lowest BCUT2D eigenvalue weighted by Crippen LogP contribution is -2.21. The molecule has 0 aromatic heterocycles. The first-order chi connectivity index (χ1) is 11.9. The Morgan fingerprint density at radius 1 is 0.840 bits per heavy atom. The molecule has 0 bridgehead atoms. The van der Waals surface area contributed by atoms with Crippen LogP contribution < -0.4 is 0 Å². The molecule has 0 fully saturated rings. The van der Waals surface area contributed by atoms with Crippen LogP contribution in [-0.2, 0) is 6.54 Å². The summed E-state index contributed by atoms with van der Waals surface area (Å²) in [4.78, 5) is 27.0.